The van der Waals surface area contributed by atoms with E-state index in [2.05, 4.69) is 15.6 Å². The molecular weight excluding hydrogens is 342 g/mol. The third-order valence-corrected chi connectivity index (χ3v) is 4.85. The monoisotopic (exact) mass is 363 g/mol. The molecule has 2 N–H and O–H groups in total. The van der Waals surface area contributed by atoms with E-state index in [4.69, 9.17) is 11.6 Å². The Bertz CT molecular complexity index is 733. The fourth-order valence-electron chi connectivity index (χ4n) is 2.97. The predicted octanol–water partition coefficient (Wildman–Crippen LogP) is 3.16. The number of aromatic nitrogens is 3. The topological polar surface area (TPSA) is 83.3 Å². The number of rotatable bonds is 3. The molecule has 0 aliphatic carbocycles. The van der Waals surface area contributed by atoms with Crippen LogP contribution in [0.1, 0.15) is 43.2 Å². The fourth-order valence-corrected chi connectivity index (χ4v) is 3.24. The number of amides is 2. The highest BCUT2D eigenvalue weighted by Gasteiger charge is 2.25. The van der Waals surface area contributed by atoms with Crippen LogP contribution < -0.4 is 5.32 Å². The normalized spacial score (nSPS) is 16.7. The molecule has 1 aromatic heterocycles. The summed E-state index contributed by atoms with van der Waals surface area (Å²) in [6.45, 7) is 4.84. The Labute approximate surface area is 151 Å². The number of nitrogens with zero attached hydrogens (tertiary/aromatic N) is 4. The van der Waals surface area contributed by atoms with Gasteiger partial charge in [0.25, 0.3) is 0 Å². The number of nitrogens with one attached hydrogen (secondary N) is 1. The van der Waals surface area contributed by atoms with Gasteiger partial charge in [0.2, 0.25) is 0 Å². The maximum atomic E-state index is 12.5. The van der Waals surface area contributed by atoms with Crippen molar-refractivity contribution >= 4 is 23.3 Å². The van der Waals surface area contributed by atoms with Crippen LogP contribution in [-0.4, -0.2) is 44.1 Å². The first-order chi connectivity index (χ1) is 12.0. The summed E-state index contributed by atoms with van der Waals surface area (Å²) in [7, 11) is 0. The molecule has 2 aromatic rings. The number of aliphatic hydroxyl groups is 1. The number of halogens is 1. The van der Waals surface area contributed by atoms with E-state index in [1.54, 1.807) is 28.8 Å². The van der Waals surface area contributed by atoms with Gasteiger partial charge in [-0.2, -0.15) is 0 Å². The molecule has 0 unspecified atom stereocenters. The summed E-state index contributed by atoms with van der Waals surface area (Å²) in [5.74, 6) is 0. The number of carbonyl (C=O) groups is 1. The van der Waals surface area contributed by atoms with Gasteiger partial charge in [0.1, 0.15) is 5.69 Å². The number of aliphatic hydroxyl groups excluding tert-OH is 1. The highest BCUT2D eigenvalue weighted by molar-refractivity contribution is 6.33. The van der Waals surface area contributed by atoms with E-state index in [0.29, 0.717) is 29.5 Å². The molecule has 1 saturated heterocycles. The third-order valence-electron chi connectivity index (χ3n) is 4.54. The lowest BCUT2D eigenvalue weighted by Crippen LogP contribution is -2.41. The lowest BCUT2D eigenvalue weighted by molar-refractivity contribution is 0.179. The largest absolute Gasteiger partial charge is 0.387 e. The Kier molecular flexibility index (Phi) is 5.24. The lowest BCUT2D eigenvalue weighted by Gasteiger charge is -2.32. The molecule has 25 heavy (non-hydrogen) atoms. The van der Waals surface area contributed by atoms with Crippen LogP contribution in [0.15, 0.2) is 24.4 Å². The maximum absolute atomic E-state index is 12.5. The second kappa shape index (κ2) is 7.41. The average molecular weight is 364 g/mol. The molecule has 1 atom stereocenters. The van der Waals surface area contributed by atoms with Crippen molar-refractivity contribution in [3.05, 3.63) is 40.7 Å². The molecule has 1 fully saturated rings. The Morgan fingerprint density at radius 1 is 1.40 bits per heavy atom. The van der Waals surface area contributed by atoms with E-state index >= 15 is 0 Å². The molecule has 0 bridgehead atoms. The number of anilines is 1. The van der Waals surface area contributed by atoms with Crippen LogP contribution >= 0.6 is 11.6 Å². The van der Waals surface area contributed by atoms with Crippen molar-refractivity contribution in [3.63, 3.8) is 0 Å². The first-order valence-corrected chi connectivity index (χ1v) is 8.74. The van der Waals surface area contributed by atoms with Gasteiger partial charge < -0.3 is 15.3 Å². The highest BCUT2D eigenvalue weighted by atomic mass is 35.5. The van der Waals surface area contributed by atoms with Crippen LogP contribution in [0, 0.1) is 6.92 Å². The van der Waals surface area contributed by atoms with Crippen LogP contribution in [-0.2, 0) is 0 Å². The van der Waals surface area contributed by atoms with Crippen molar-refractivity contribution in [3.8, 4) is 0 Å². The summed E-state index contributed by atoms with van der Waals surface area (Å²) in [5.41, 5.74) is 2.16. The van der Waals surface area contributed by atoms with E-state index in [0.717, 1.165) is 18.4 Å². The molecule has 134 valence electrons. The lowest BCUT2D eigenvalue weighted by atomic mass is 10.1. The van der Waals surface area contributed by atoms with Gasteiger partial charge in [-0.15, -0.1) is 5.10 Å². The fraction of sp³-hybridized carbons (Fsp3) is 0.471. The van der Waals surface area contributed by atoms with Gasteiger partial charge >= 0.3 is 6.03 Å². The van der Waals surface area contributed by atoms with Gasteiger partial charge in [-0.1, -0.05) is 28.9 Å². The minimum absolute atomic E-state index is 0.141. The van der Waals surface area contributed by atoms with Gasteiger partial charge in [0.05, 0.1) is 29.1 Å². The molecule has 1 aliphatic heterocycles. The molecular formula is C17H22ClN5O2. The molecule has 2 amide bonds. The van der Waals surface area contributed by atoms with Crippen molar-refractivity contribution in [1.82, 2.24) is 19.9 Å². The average Bonchev–Trinajstić information content (AvgIpc) is 3.09. The van der Waals surface area contributed by atoms with Gasteiger partial charge in [-0.05, 0) is 38.3 Å². The van der Waals surface area contributed by atoms with Crippen LogP contribution in [0.5, 0.6) is 0 Å². The number of hydrogen-bond donors (Lipinski definition) is 2. The highest BCUT2D eigenvalue weighted by Crippen LogP contribution is 2.27. The van der Waals surface area contributed by atoms with Gasteiger partial charge in [-0.25, -0.2) is 9.48 Å². The Hall–Kier alpha value is -2.12. The zero-order valence-corrected chi connectivity index (χ0v) is 15.1. The number of aryl methyl sites for hydroxylation is 1. The SMILES string of the molecule is Cc1cccc(Cl)c1NC(=O)N1CCC(n2cc([C@H](C)O)nn2)CC1. The summed E-state index contributed by atoms with van der Waals surface area (Å²) >= 11 is 6.17. The van der Waals surface area contributed by atoms with Crippen molar-refractivity contribution in [2.75, 3.05) is 18.4 Å². The maximum Gasteiger partial charge on any atom is 0.321 e. The first kappa shape index (κ1) is 17.7. The van der Waals surface area contributed by atoms with E-state index in [1.165, 1.54) is 0 Å². The predicted molar refractivity (Wildman–Crippen MR) is 95.7 cm³/mol. The smallest absolute Gasteiger partial charge is 0.321 e. The Morgan fingerprint density at radius 2 is 2.12 bits per heavy atom. The zero-order chi connectivity index (χ0) is 18.0. The van der Waals surface area contributed by atoms with Gasteiger partial charge in [0, 0.05) is 13.1 Å². The standard InChI is InChI=1S/C17H22ClN5O2/c1-11-4-3-5-14(18)16(11)19-17(25)22-8-6-13(7-9-22)23-10-15(12(2)24)20-21-23/h3-5,10,12-13,24H,6-9H2,1-2H3,(H,19,25)/t12-/m0/s1. The van der Waals surface area contributed by atoms with Crippen molar-refractivity contribution in [2.24, 2.45) is 0 Å². The minimum Gasteiger partial charge on any atom is -0.387 e. The molecule has 7 nitrogen and oxygen atoms in total. The van der Waals surface area contributed by atoms with Gasteiger partial charge in [0.15, 0.2) is 0 Å². The van der Waals surface area contributed by atoms with Crippen molar-refractivity contribution < 1.29 is 9.90 Å². The second-order valence-corrected chi connectivity index (χ2v) is 6.79. The molecule has 1 aliphatic rings. The van der Waals surface area contributed by atoms with Crippen LogP contribution in [0.3, 0.4) is 0 Å². The molecule has 0 saturated carbocycles. The number of urea groups is 1. The number of benzene rings is 1. The van der Waals surface area contributed by atoms with E-state index in [-0.39, 0.29) is 12.1 Å². The van der Waals surface area contributed by atoms with Crippen LogP contribution in [0.25, 0.3) is 0 Å². The number of para-hydroxylation sites is 1. The number of likely N-dealkylation sites (tertiary alicyclic amines) is 1. The number of carbonyl (C=O) groups excluding carboxylic acids is 1. The number of hydrogen-bond acceptors (Lipinski definition) is 4. The molecule has 2 heterocycles. The van der Waals surface area contributed by atoms with Crippen molar-refractivity contribution in [1.29, 1.82) is 0 Å². The Morgan fingerprint density at radius 3 is 2.72 bits per heavy atom. The van der Waals surface area contributed by atoms with Crippen LogP contribution in [0.2, 0.25) is 5.02 Å². The number of piperidine rings is 1. The minimum atomic E-state index is -0.626. The first-order valence-electron chi connectivity index (χ1n) is 8.36. The molecule has 0 spiro atoms. The summed E-state index contributed by atoms with van der Waals surface area (Å²) in [5, 5.41) is 21.1. The summed E-state index contributed by atoms with van der Waals surface area (Å²) in [4.78, 5) is 14.3. The quantitative estimate of drug-likeness (QED) is 0.877. The van der Waals surface area contributed by atoms with Crippen molar-refractivity contribution in [2.45, 2.75) is 38.8 Å². The van der Waals surface area contributed by atoms with E-state index in [9.17, 15) is 9.90 Å². The van der Waals surface area contributed by atoms with Crippen LogP contribution in [0.4, 0.5) is 10.5 Å². The molecule has 1 aromatic carbocycles. The van der Waals surface area contributed by atoms with E-state index in [1.807, 2.05) is 19.1 Å². The Balaban J connectivity index is 1.59. The molecule has 0 radical (unpaired) electrons. The second-order valence-electron chi connectivity index (χ2n) is 6.38. The summed E-state index contributed by atoms with van der Waals surface area (Å²) in [6, 6.07) is 5.58. The zero-order valence-electron chi connectivity index (χ0n) is 14.3. The van der Waals surface area contributed by atoms with E-state index < -0.39 is 6.10 Å². The summed E-state index contributed by atoms with van der Waals surface area (Å²) in [6.07, 6.45) is 2.73. The molecule has 8 heteroatoms. The third kappa shape index (κ3) is 3.93. The molecule has 3 rings (SSSR count). The van der Waals surface area contributed by atoms with Gasteiger partial charge in [-0.3, -0.25) is 0 Å². The summed E-state index contributed by atoms with van der Waals surface area (Å²) < 4.78 is 1.79.